The first-order chi connectivity index (χ1) is 12.9. The lowest BCUT2D eigenvalue weighted by molar-refractivity contribution is -0.158. The van der Waals surface area contributed by atoms with E-state index in [1.54, 1.807) is 34.6 Å². The molecular weight excluding hydrogens is 362 g/mol. The molecule has 0 saturated carbocycles. The molecule has 2 N–H and O–H groups in total. The SMILES string of the molecule is CC(C)C(NC(=O)NC(C(=O)N1CCCC1C=O)C(C)C)C(=O)OC(C)(C)C. The second kappa shape index (κ2) is 9.89. The van der Waals surface area contributed by atoms with Gasteiger partial charge in [0.1, 0.15) is 24.0 Å². The van der Waals surface area contributed by atoms with Gasteiger partial charge in [-0.15, -0.1) is 0 Å². The molecule has 160 valence electrons. The number of likely N-dealkylation sites (tertiary alicyclic amines) is 1. The van der Waals surface area contributed by atoms with E-state index in [2.05, 4.69) is 10.6 Å². The molecule has 0 aromatic rings. The van der Waals surface area contributed by atoms with Crippen molar-refractivity contribution in [2.45, 2.75) is 85.0 Å². The largest absolute Gasteiger partial charge is 0.458 e. The zero-order valence-corrected chi connectivity index (χ0v) is 18.1. The highest BCUT2D eigenvalue weighted by atomic mass is 16.6. The van der Waals surface area contributed by atoms with E-state index in [9.17, 15) is 19.2 Å². The Bertz CT molecular complexity index is 583. The molecule has 1 heterocycles. The Kier molecular flexibility index (Phi) is 8.45. The van der Waals surface area contributed by atoms with Gasteiger partial charge in [-0.3, -0.25) is 4.79 Å². The first-order valence-corrected chi connectivity index (χ1v) is 9.93. The van der Waals surface area contributed by atoms with E-state index in [1.165, 1.54) is 4.90 Å². The van der Waals surface area contributed by atoms with Gasteiger partial charge in [-0.05, 0) is 45.4 Å². The number of nitrogens with one attached hydrogen (secondary N) is 2. The molecule has 1 aliphatic rings. The molecule has 0 aromatic heterocycles. The summed E-state index contributed by atoms with van der Waals surface area (Å²) in [6.45, 7) is 13.0. The molecule has 0 aliphatic carbocycles. The van der Waals surface area contributed by atoms with E-state index in [4.69, 9.17) is 4.74 Å². The Hall–Kier alpha value is -2.12. The molecule has 1 fully saturated rings. The number of nitrogens with zero attached hydrogens (tertiary/aromatic N) is 1. The van der Waals surface area contributed by atoms with Gasteiger partial charge in [0.05, 0.1) is 6.04 Å². The average Bonchev–Trinajstić information content (AvgIpc) is 3.03. The van der Waals surface area contributed by atoms with Gasteiger partial charge in [0.2, 0.25) is 5.91 Å². The molecule has 8 nitrogen and oxygen atoms in total. The summed E-state index contributed by atoms with van der Waals surface area (Å²) < 4.78 is 5.38. The maximum atomic E-state index is 12.9. The van der Waals surface area contributed by atoms with Crippen LogP contribution in [0.4, 0.5) is 4.79 Å². The van der Waals surface area contributed by atoms with E-state index in [1.807, 2.05) is 13.8 Å². The summed E-state index contributed by atoms with van der Waals surface area (Å²) >= 11 is 0. The van der Waals surface area contributed by atoms with Gasteiger partial charge in [-0.1, -0.05) is 27.7 Å². The van der Waals surface area contributed by atoms with Crippen LogP contribution in [-0.2, 0) is 19.1 Å². The lowest BCUT2D eigenvalue weighted by Crippen LogP contribution is -2.57. The van der Waals surface area contributed by atoms with Gasteiger partial charge in [0.25, 0.3) is 0 Å². The van der Waals surface area contributed by atoms with Crippen molar-refractivity contribution in [3.63, 3.8) is 0 Å². The summed E-state index contributed by atoms with van der Waals surface area (Å²) in [4.78, 5) is 50.5. The first-order valence-electron chi connectivity index (χ1n) is 9.93. The zero-order chi connectivity index (χ0) is 21.6. The molecule has 1 aliphatic heterocycles. The van der Waals surface area contributed by atoms with Crippen LogP contribution in [0.1, 0.15) is 61.3 Å². The molecule has 1 saturated heterocycles. The number of amides is 3. The maximum Gasteiger partial charge on any atom is 0.329 e. The summed E-state index contributed by atoms with van der Waals surface area (Å²) in [5, 5.41) is 5.31. The molecule has 0 spiro atoms. The van der Waals surface area contributed by atoms with Crippen molar-refractivity contribution in [2.24, 2.45) is 11.8 Å². The van der Waals surface area contributed by atoms with Crippen molar-refractivity contribution in [3.05, 3.63) is 0 Å². The van der Waals surface area contributed by atoms with Crippen molar-refractivity contribution in [1.29, 1.82) is 0 Å². The van der Waals surface area contributed by atoms with Gasteiger partial charge < -0.3 is 25.1 Å². The summed E-state index contributed by atoms with van der Waals surface area (Å²) in [6, 6.07) is -2.68. The van der Waals surface area contributed by atoms with Crippen molar-refractivity contribution in [1.82, 2.24) is 15.5 Å². The third kappa shape index (κ3) is 6.80. The summed E-state index contributed by atoms with van der Waals surface area (Å²) in [7, 11) is 0. The molecule has 1 rings (SSSR count). The highest BCUT2D eigenvalue weighted by Crippen LogP contribution is 2.19. The summed E-state index contributed by atoms with van der Waals surface area (Å²) in [5.74, 6) is -1.17. The molecule has 3 atom stereocenters. The molecule has 0 bridgehead atoms. The van der Waals surface area contributed by atoms with Crippen LogP contribution in [0.2, 0.25) is 0 Å². The van der Waals surface area contributed by atoms with E-state index >= 15 is 0 Å². The van der Waals surface area contributed by atoms with Gasteiger partial charge in [0.15, 0.2) is 0 Å². The molecule has 0 radical (unpaired) electrons. The fourth-order valence-electron chi connectivity index (χ4n) is 3.09. The Balaban J connectivity index is 2.83. The Morgan fingerprint density at radius 1 is 1.04 bits per heavy atom. The number of esters is 1. The van der Waals surface area contributed by atoms with E-state index in [-0.39, 0.29) is 17.7 Å². The van der Waals surface area contributed by atoms with Crippen LogP contribution >= 0.6 is 0 Å². The Morgan fingerprint density at radius 2 is 1.57 bits per heavy atom. The number of carbonyl (C=O) groups is 4. The van der Waals surface area contributed by atoms with Gasteiger partial charge in [-0.2, -0.15) is 0 Å². The van der Waals surface area contributed by atoms with Crippen LogP contribution in [-0.4, -0.2) is 59.4 Å². The standard InChI is InChI=1S/C20H35N3O5/c1-12(2)15(17(25)23-10-8-9-14(23)11-24)21-19(27)22-16(13(3)4)18(26)28-20(5,6)7/h11-16H,8-10H2,1-7H3,(H2,21,22,27). The highest BCUT2D eigenvalue weighted by molar-refractivity contribution is 5.90. The highest BCUT2D eigenvalue weighted by Gasteiger charge is 2.36. The second-order valence-electron chi connectivity index (χ2n) is 8.97. The predicted molar refractivity (Wildman–Crippen MR) is 106 cm³/mol. The van der Waals surface area contributed by atoms with E-state index in [0.29, 0.717) is 13.0 Å². The Labute approximate surface area is 167 Å². The fourth-order valence-corrected chi connectivity index (χ4v) is 3.09. The van der Waals surface area contributed by atoms with Crippen molar-refractivity contribution in [2.75, 3.05) is 6.54 Å². The smallest absolute Gasteiger partial charge is 0.329 e. The van der Waals surface area contributed by atoms with Crippen LogP contribution in [0.25, 0.3) is 0 Å². The molecule has 3 unspecified atom stereocenters. The lowest BCUT2D eigenvalue weighted by atomic mass is 10.0. The molecule has 3 amide bonds. The first kappa shape index (κ1) is 23.9. The quantitative estimate of drug-likeness (QED) is 0.504. The minimum absolute atomic E-state index is 0.176. The second-order valence-corrected chi connectivity index (χ2v) is 8.97. The van der Waals surface area contributed by atoms with Crippen LogP contribution in [0.5, 0.6) is 0 Å². The number of hydrogen-bond donors (Lipinski definition) is 2. The van der Waals surface area contributed by atoms with E-state index < -0.39 is 35.7 Å². The van der Waals surface area contributed by atoms with Crippen molar-refractivity contribution < 1.29 is 23.9 Å². The third-order valence-electron chi connectivity index (χ3n) is 4.57. The normalized spacial score (nSPS) is 19.3. The van der Waals surface area contributed by atoms with Crippen LogP contribution in [0.15, 0.2) is 0 Å². The van der Waals surface area contributed by atoms with Crippen molar-refractivity contribution in [3.8, 4) is 0 Å². The van der Waals surface area contributed by atoms with Crippen LogP contribution in [0, 0.1) is 11.8 Å². The minimum atomic E-state index is -0.836. The van der Waals surface area contributed by atoms with Gasteiger partial charge in [0, 0.05) is 6.54 Å². The molecular formula is C20H35N3O5. The maximum absolute atomic E-state index is 12.9. The minimum Gasteiger partial charge on any atom is -0.458 e. The third-order valence-corrected chi connectivity index (χ3v) is 4.57. The number of aldehydes is 1. The number of ether oxygens (including phenoxy) is 1. The number of urea groups is 1. The number of carbonyl (C=O) groups excluding carboxylic acids is 4. The Morgan fingerprint density at radius 3 is 2.04 bits per heavy atom. The molecule has 8 heteroatoms. The van der Waals surface area contributed by atoms with Crippen molar-refractivity contribution >= 4 is 24.2 Å². The summed E-state index contributed by atoms with van der Waals surface area (Å²) in [6.07, 6.45) is 2.18. The number of hydrogen-bond acceptors (Lipinski definition) is 5. The number of rotatable bonds is 7. The monoisotopic (exact) mass is 397 g/mol. The van der Waals surface area contributed by atoms with E-state index in [0.717, 1.165) is 12.7 Å². The topological polar surface area (TPSA) is 105 Å². The predicted octanol–water partition coefficient (Wildman–Crippen LogP) is 1.87. The van der Waals surface area contributed by atoms with Gasteiger partial charge >= 0.3 is 12.0 Å². The fraction of sp³-hybridized carbons (Fsp3) is 0.800. The molecule has 28 heavy (non-hydrogen) atoms. The molecule has 0 aromatic carbocycles. The lowest BCUT2D eigenvalue weighted by Gasteiger charge is -2.30. The zero-order valence-electron chi connectivity index (χ0n) is 18.1. The average molecular weight is 398 g/mol. The summed E-state index contributed by atoms with van der Waals surface area (Å²) in [5.41, 5.74) is -0.668. The van der Waals surface area contributed by atoms with Crippen LogP contribution < -0.4 is 10.6 Å². The van der Waals surface area contributed by atoms with Gasteiger partial charge in [-0.25, -0.2) is 9.59 Å². The van der Waals surface area contributed by atoms with Crippen LogP contribution in [0.3, 0.4) is 0 Å².